The number of pyridine rings is 1. The van der Waals surface area contributed by atoms with Crippen LogP contribution in [-0.2, 0) is 18.3 Å². The molecule has 0 bridgehead atoms. The molecular weight excluding hydrogens is 446 g/mol. The first-order chi connectivity index (χ1) is 16.9. The van der Waals surface area contributed by atoms with Gasteiger partial charge in [0, 0.05) is 50.4 Å². The lowest BCUT2D eigenvalue weighted by molar-refractivity contribution is -0.132. The van der Waals surface area contributed by atoms with Gasteiger partial charge in [-0.15, -0.1) is 0 Å². The Morgan fingerprint density at radius 1 is 1.00 bits per heavy atom. The van der Waals surface area contributed by atoms with Crippen LogP contribution in [0, 0.1) is 0 Å². The van der Waals surface area contributed by atoms with Crippen LogP contribution in [0.4, 0.5) is 0 Å². The minimum atomic E-state index is -0.542. The number of hydrogen-bond donors (Lipinski definition) is 1. The minimum Gasteiger partial charge on any atom is -0.489 e. The molecule has 35 heavy (non-hydrogen) atoms. The van der Waals surface area contributed by atoms with E-state index in [1.807, 2.05) is 36.3 Å². The number of rotatable bonds is 8. The van der Waals surface area contributed by atoms with Gasteiger partial charge in [-0.3, -0.25) is 19.3 Å². The number of primary amides is 1. The highest BCUT2D eigenvalue weighted by Crippen LogP contribution is 2.29. The molecule has 0 spiro atoms. The molecule has 0 unspecified atom stereocenters. The molecule has 3 heterocycles. The summed E-state index contributed by atoms with van der Waals surface area (Å²) in [5.41, 5.74) is 8.45. The lowest BCUT2D eigenvalue weighted by Gasteiger charge is -2.32. The largest absolute Gasteiger partial charge is 0.489 e. The van der Waals surface area contributed by atoms with Crippen molar-refractivity contribution in [2.75, 3.05) is 13.1 Å². The monoisotopic (exact) mass is 475 g/mol. The van der Waals surface area contributed by atoms with Crippen LogP contribution in [0.1, 0.15) is 41.7 Å². The second kappa shape index (κ2) is 9.77. The molecule has 0 atom stereocenters. The predicted octanol–water partition coefficient (Wildman–Crippen LogP) is 2.73. The lowest BCUT2D eigenvalue weighted by atomic mass is 10.0. The molecule has 1 aliphatic carbocycles. The molecule has 182 valence electrons. The van der Waals surface area contributed by atoms with Crippen molar-refractivity contribution in [3.63, 3.8) is 0 Å². The number of nitrogens with two attached hydrogens (primary N) is 1. The van der Waals surface area contributed by atoms with E-state index >= 15 is 0 Å². The van der Waals surface area contributed by atoms with E-state index in [0.29, 0.717) is 43.3 Å². The lowest BCUT2D eigenvalue weighted by Crippen LogP contribution is -2.42. The number of carbonyl (C=O) groups is 2. The van der Waals surface area contributed by atoms with E-state index in [1.54, 1.807) is 29.2 Å². The third-order valence-electron chi connectivity index (χ3n) is 6.33. The summed E-state index contributed by atoms with van der Waals surface area (Å²) in [4.78, 5) is 31.1. The van der Waals surface area contributed by atoms with E-state index in [1.165, 1.54) is 0 Å². The molecule has 9 nitrogen and oxygen atoms in total. The Kier molecular flexibility index (Phi) is 6.39. The SMILES string of the molecule is Cn1cc(-c2ccc(OC3CCN(C(=O)Cc4ccc(OC5CC5)cn4)CC3)c(C(N)=O)c2)cn1. The summed E-state index contributed by atoms with van der Waals surface area (Å²) in [5, 5.41) is 4.17. The van der Waals surface area contributed by atoms with Crippen molar-refractivity contribution in [1.82, 2.24) is 19.7 Å². The fourth-order valence-electron chi connectivity index (χ4n) is 4.21. The van der Waals surface area contributed by atoms with E-state index in [-0.39, 0.29) is 18.4 Å². The minimum absolute atomic E-state index is 0.0467. The molecule has 0 radical (unpaired) electrons. The quantitative estimate of drug-likeness (QED) is 0.536. The second-order valence-electron chi connectivity index (χ2n) is 9.16. The van der Waals surface area contributed by atoms with Crippen molar-refractivity contribution in [3.05, 3.63) is 60.2 Å². The molecule has 9 heteroatoms. The van der Waals surface area contributed by atoms with Crippen molar-refractivity contribution in [2.24, 2.45) is 12.8 Å². The molecule has 2 amide bonds. The molecule has 2 fully saturated rings. The highest BCUT2D eigenvalue weighted by atomic mass is 16.5. The smallest absolute Gasteiger partial charge is 0.252 e. The van der Waals surface area contributed by atoms with Gasteiger partial charge in [-0.1, -0.05) is 6.07 Å². The van der Waals surface area contributed by atoms with Gasteiger partial charge >= 0.3 is 0 Å². The summed E-state index contributed by atoms with van der Waals surface area (Å²) in [6.07, 6.45) is 9.34. The summed E-state index contributed by atoms with van der Waals surface area (Å²) in [5.74, 6) is 0.725. The highest BCUT2D eigenvalue weighted by Gasteiger charge is 2.26. The molecular formula is C26H29N5O4. The van der Waals surface area contributed by atoms with Gasteiger partial charge in [0.1, 0.15) is 17.6 Å². The average molecular weight is 476 g/mol. The van der Waals surface area contributed by atoms with E-state index in [9.17, 15) is 9.59 Å². The van der Waals surface area contributed by atoms with Crippen LogP contribution in [0.2, 0.25) is 0 Å². The fourth-order valence-corrected chi connectivity index (χ4v) is 4.21. The zero-order chi connectivity index (χ0) is 24.4. The number of piperidine rings is 1. The number of aryl methyl sites for hydroxylation is 1. The highest BCUT2D eigenvalue weighted by molar-refractivity contribution is 5.97. The molecule has 2 N–H and O–H groups in total. The van der Waals surface area contributed by atoms with E-state index in [2.05, 4.69) is 10.1 Å². The van der Waals surface area contributed by atoms with Gasteiger partial charge in [0.2, 0.25) is 5.91 Å². The van der Waals surface area contributed by atoms with Crippen LogP contribution in [-0.4, -0.2) is 56.8 Å². The normalized spacial score (nSPS) is 16.2. The van der Waals surface area contributed by atoms with Crippen molar-refractivity contribution < 1.29 is 19.1 Å². The maximum atomic E-state index is 12.8. The summed E-state index contributed by atoms with van der Waals surface area (Å²) in [6.45, 7) is 1.18. The van der Waals surface area contributed by atoms with Gasteiger partial charge < -0.3 is 20.1 Å². The summed E-state index contributed by atoms with van der Waals surface area (Å²) in [6, 6.07) is 9.14. The van der Waals surface area contributed by atoms with Crippen LogP contribution in [0.15, 0.2) is 48.9 Å². The van der Waals surface area contributed by atoms with Gasteiger partial charge in [0.05, 0.1) is 30.5 Å². The Bertz CT molecular complexity index is 1210. The second-order valence-corrected chi connectivity index (χ2v) is 9.16. The Hall–Kier alpha value is -3.88. The number of ether oxygens (including phenoxy) is 2. The van der Waals surface area contributed by atoms with Crippen LogP contribution in [0.3, 0.4) is 0 Å². The maximum Gasteiger partial charge on any atom is 0.252 e. The number of hydrogen-bond acceptors (Lipinski definition) is 6. The summed E-state index contributed by atoms with van der Waals surface area (Å²) >= 11 is 0. The molecule has 2 aromatic heterocycles. The van der Waals surface area contributed by atoms with Gasteiger partial charge in [0.15, 0.2) is 0 Å². The zero-order valence-electron chi connectivity index (χ0n) is 19.7. The fraction of sp³-hybridized carbons (Fsp3) is 0.385. The first kappa shape index (κ1) is 22.9. The molecule has 5 rings (SSSR count). The molecule has 1 saturated carbocycles. The number of amides is 2. The van der Waals surface area contributed by atoms with E-state index < -0.39 is 5.91 Å². The van der Waals surface area contributed by atoms with Crippen molar-refractivity contribution in [2.45, 2.75) is 44.3 Å². The third-order valence-corrected chi connectivity index (χ3v) is 6.33. The Balaban J connectivity index is 1.16. The maximum absolute atomic E-state index is 12.8. The number of carbonyl (C=O) groups excluding carboxylic acids is 2. The average Bonchev–Trinajstić information content (AvgIpc) is 3.57. The van der Waals surface area contributed by atoms with E-state index in [4.69, 9.17) is 15.2 Å². The van der Waals surface area contributed by atoms with Gasteiger partial charge in [-0.05, 0) is 42.7 Å². The number of aromatic nitrogens is 3. The Morgan fingerprint density at radius 2 is 1.77 bits per heavy atom. The zero-order valence-corrected chi connectivity index (χ0v) is 19.7. The van der Waals surface area contributed by atoms with Gasteiger partial charge in [-0.25, -0.2) is 0 Å². The topological polar surface area (TPSA) is 113 Å². The van der Waals surface area contributed by atoms with Crippen molar-refractivity contribution in [3.8, 4) is 22.6 Å². The van der Waals surface area contributed by atoms with Gasteiger partial charge in [-0.2, -0.15) is 5.10 Å². The van der Waals surface area contributed by atoms with Crippen LogP contribution in [0.25, 0.3) is 11.1 Å². The predicted molar refractivity (Wildman–Crippen MR) is 129 cm³/mol. The van der Waals surface area contributed by atoms with Crippen molar-refractivity contribution >= 4 is 11.8 Å². The first-order valence-corrected chi connectivity index (χ1v) is 11.9. The Morgan fingerprint density at radius 3 is 2.40 bits per heavy atom. The summed E-state index contributed by atoms with van der Waals surface area (Å²) in [7, 11) is 1.84. The van der Waals surface area contributed by atoms with Crippen molar-refractivity contribution in [1.29, 1.82) is 0 Å². The number of likely N-dealkylation sites (tertiary alicyclic amines) is 1. The molecule has 1 saturated heterocycles. The van der Waals surface area contributed by atoms with Crippen LogP contribution < -0.4 is 15.2 Å². The molecule has 1 aliphatic heterocycles. The van der Waals surface area contributed by atoms with Crippen LogP contribution in [0.5, 0.6) is 11.5 Å². The first-order valence-electron chi connectivity index (χ1n) is 11.9. The van der Waals surface area contributed by atoms with Crippen LogP contribution >= 0.6 is 0 Å². The van der Waals surface area contributed by atoms with E-state index in [0.717, 1.165) is 35.4 Å². The molecule has 1 aromatic carbocycles. The number of nitrogens with zero attached hydrogens (tertiary/aromatic N) is 4. The Labute approximate surface area is 203 Å². The number of benzene rings is 1. The standard InChI is InChI=1S/C26H29N5O4/c1-30-16-18(14-29-30)17-2-7-24(23(12-17)26(27)33)35-21-8-10-31(11-9-21)25(32)13-19-3-4-22(15-28-19)34-20-5-6-20/h2-4,7,12,14-16,20-21H,5-6,8-11,13H2,1H3,(H2,27,33). The third kappa shape index (κ3) is 5.62. The molecule has 2 aliphatic rings. The summed E-state index contributed by atoms with van der Waals surface area (Å²) < 4.78 is 13.6. The van der Waals surface area contributed by atoms with Gasteiger partial charge in [0.25, 0.3) is 5.91 Å². The molecule has 3 aromatic rings.